The minimum atomic E-state index is 0.0978. The predicted octanol–water partition coefficient (Wildman–Crippen LogP) is 3.96. The summed E-state index contributed by atoms with van der Waals surface area (Å²) in [6.45, 7) is 14.3. The van der Waals surface area contributed by atoms with Crippen LogP contribution in [-0.4, -0.2) is 12.1 Å². The summed E-state index contributed by atoms with van der Waals surface area (Å²) in [4.78, 5) is 0. The molecule has 108 valence electrons. The Morgan fingerprint density at radius 2 is 2.16 bits per heavy atom. The summed E-state index contributed by atoms with van der Waals surface area (Å²) in [5.74, 6) is 1.90. The van der Waals surface area contributed by atoms with Gasteiger partial charge in [-0.2, -0.15) is 0 Å². The summed E-state index contributed by atoms with van der Waals surface area (Å²) >= 11 is 0. The van der Waals surface area contributed by atoms with Gasteiger partial charge in [0.2, 0.25) is 0 Å². The highest BCUT2D eigenvalue weighted by Crippen LogP contribution is 2.16. The molecule has 0 unspecified atom stereocenters. The zero-order valence-corrected chi connectivity index (χ0v) is 12.7. The molecule has 1 N–H and O–H groups in total. The molecule has 0 radical (unpaired) electrons. The Balaban J connectivity index is 2.38. The molecule has 1 aromatic heterocycles. The van der Waals surface area contributed by atoms with Crippen LogP contribution in [0, 0.1) is 6.92 Å². The highest BCUT2D eigenvalue weighted by atomic mass is 16.5. The molecule has 0 aromatic carbocycles. The van der Waals surface area contributed by atoms with Crippen molar-refractivity contribution in [1.29, 1.82) is 0 Å². The Morgan fingerprint density at radius 1 is 1.42 bits per heavy atom. The monoisotopic (exact) mass is 265 g/mol. The summed E-state index contributed by atoms with van der Waals surface area (Å²) < 4.78 is 11.4. The molecular formula is C16H27NO2. The maximum Gasteiger partial charge on any atom is 0.130 e. The van der Waals surface area contributed by atoms with E-state index in [1.54, 1.807) is 0 Å². The highest BCUT2D eigenvalue weighted by Gasteiger charge is 2.12. The van der Waals surface area contributed by atoms with E-state index in [-0.39, 0.29) is 5.54 Å². The first kappa shape index (κ1) is 16.0. The fraction of sp³-hybridized carbons (Fsp3) is 0.625. The van der Waals surface area contributed by atoms with Crippen LogP contribution in [0.1, 0.15) is 50.7 Å². The van der Waals surface area contributed by atoms with E-state index in [0.29, 0.717) is 6.61 Å². The third-order valence-corrected chi connectivity index (χ3v) is 2.79. The van der Waals surface area contributed by atoms with Crippen molar-refractivity contribution in [3.05, 3.63) is 35.8 Å². The number of hydrogen-bond acceptors (Lipinski definition) is 3. The van der Waals surface area contributed by atoms with Gasteiger partial charge in [0.1, 0.15) is 18.1 Å². The van der Waals surface area contributed by atoms with E-state index in [0.717, 1.165) is 37.5 Å². The van der Waals surface area contributed by atoms with Gasteiger partial charge in [-0.15, -0.1) is 6.58 Å². The second-order valence-corrected chi connectivity index (χ2v) is 5.91. The van der Waals surface area contributed by atoms with Crippen molar-refractivity contribution in [3.63, 3.8) is 0 Å². The van der Waals surface area contributed by atoms with Gasteiger partial charge in [-0.05, 0) is 52.2 Å². The first-order valence-corrected chi connectivity index (χ1v) is 6.94. The first-order chi connectivity index (χ1) is 8.92. The van der Waals surface area contributed by atoms with E-state index in [1.807, 2.05) is 6.08 Å². The summed E-state index contributed by atoms with van der Waals surface area (Å²) in [6, 6.07) is 2.06. The lowest BCUT2D eigenvalue weighted by Crippen LogP contribution is -2.35. The summed E-state index contributed by atoms with van der Waals surface area (Å²) in [7, 11) is 0. The van der Waals surface area contributed by atoms with Crippen LogP contribution in [0.25, 0.3) is 0 Å². The van der Waals surface area contributed by atoms with Crippen LogP contribution >= 0.6 is 0 Å². The SMILES string of the molecule is C=CCCCOCc1cc(C)c(CNC(C)(C)C)o1. The van der Waals surface area contributed by atoms with Gasteiger partial charge in [-0.1, -0.05) is 6.08 Å². The quantitative estimate of drug-likeness (QED) is 0.570. The molecule has 0 amide bonds. The Bertz CT molecular complexity index is 388. The number of rotatable bonds is 8. The van der Waals surface area contributed by atoms with Crippen LogP contribution in [0.2, 0.25) is 0 Å². The second kappa shape index (κ2) is 7.51. The molecular weight excluding hydrogens is 238 g/mol. The maximum absolute atomic E-state index is 5.81. The van der Waals surface area contributed by atoms with Gasteiger partial charge in [0.25, 0.3) is 0 Å². The molecule has 1 rings (SSSR count). The van der Waals surface area contributed by atoms with Crippen molar-refractivity contribution in [2.75, 3.05) is 6.61 Å². The predicted molar refractivity (Wildman–Crippen MR) is 79.1 cm³/mol. The second-order valence-electron chi connectivity index (χ2n) is 5.91. The molecule has 0 fully saturated rings. The van der Waals surface area contributed by atoms with Gasteiger partial charge in [-0.25, -0.2) is 0 Å². The highest BCUT2D eigenvalue weighted by molar-refractivity contribution is 5.19. The Hall–Kier alpha value is -1.06. The summed E-state index contributed by atoms with van der Waals surface area (Å²) in [5, 5.41) is 3.43. The molecule has 3 nitrogen and oxygen atoms in total. The fourth-order valence-electron chi connectivity index (χ4n) is 1.68. The average Bonchev–Trinajstić information content (AvgIpc) is 2.66. The number of allylic oxidation sites excluding steroid dienone is 1. The van der Waals surface area contributed by atoms with Crippen molar-refractivity contribution in [1.82, 2.24) is 5.32 Å². The molecule has 0 aliphatic carbocycles. The van der Waals surface area contributed by atoms with Gasteiger partial charge in [-0.3, -0.25) is 0 Å². The number of nitrogens with one attached hydrogen (secondary N) is 1. The van der Waals surface area contributed by atoms with Crippen LogP contribution in [0.15, 0.2) is 23.1 Å². The molecule has 0 saturated carbocycles. The van der Waals surface area contributed by atoms with Crippen molar-refractivity contribution < 1.29 is 9.15 Å². The van der Waals surface area contributed by atoms with Crippen LogP contribution in [-0.2, 0) is 17.9 Å². The molecule has 1 heterocycles. The Kier molecular flexibility index (Phi) is 6.32. The van der Waals surface area contributed by atoms with Gasteiger partial charge in [0.15, 0.2) is 0 Å². The zero-order valence-electron chi connectivity index (χ0n) is 12.7. The number of hydrogen-bond donors (Lipinski definition) is 1. The molecule has 0 spiro atoms. The van der Waals surface area contributed by atoms with Crippen LogP contribution in [0.5, 0.6) is 0 Å². The van der Waals surface area contributed by atoms with Gasteiger partial charge < -0.3 is 14.5 Å². The van der Waals surface area contributed by atoms with Crippen LogP contribution in [0.4, 0.5) is 0 Å². The molecule has 0 aliphatic rings. The summed E-state index contributed by atoms with van der Waals surface area (Å²) in [5.41, 5.74) is 1.28. The number of ether oxygens (including phenoxy) is 1. The van der Waals surface area contributed by atoms with Crippen molar-refractivity contribution >= 4 is 0 Å². The van der Waals surface area contributed by atoms with Crippen LogP contribution in [0.3, 0.4) is 0 Å². The molecule has 0 atom stereocenters. The maximum atomic E-state index is 5.81. The molecule has 19 heavy (non-hydrogen) atoms. The van der Waals surface area contributed by atoms with Gasteiger partial charge in [0, 0.05) is 12.1 Å². The van der Waals surface area contributed by atoms with E-state index in [2.05, 4.69) is 45.7 Å². The minimum Gasteiger partial charge on any atom is -0.462 e. The molecule has 3 heteroatoms. The minimum absolute atomic E-state index is 0.0978. The van der Waals surface area contributed by atoms with E-state index in [4.69, 9.17) is 9.15 Å². The summed E-state index contributed by atoms with van der Waals surface area (Å²) in [6.07, 6.45) is 3.93. The lowest BCUT2D eigenvalue weighted by molar-refractivity contribution is 0.103. The normalized spacial score (nSPS) is 11.8. The van der Waals surface area contributed by atoms with Crippen LogP contribution < -0.4 is 5.32 Å². The molecule has 1 aromatic rings. The third kappa shape index (κ3) is 6.60. The molecule has 0 bridgehead atoms. The number of furan rings is 1. The first-order valence-electron chi connectivity index (χ1n) is 6.94. The Morgan fingerprint density at radius 3 is 2.79 bits per heavy atom. The smallest absolute Gasteiger partial charge is 0.130 e. The van der Waals surface area contributed by atoms with Crippen molar-refractivity contribution in [2.24, 2.45) is 0 Å². The zero-order chi connectivity index (χ0) is 14.3. The van der Waals surface area contributed by atoms with Crippen molar-refractivity contribution in [3.8, 4) is 0 Å². The van der Waals surface area contributed by atoms with Crippen molar-refractivity contribution in [2.45, 2.75) is 59.2 Å². The topological polar surface area (TPSA) is 34.4 Å². The largest absolute Gasteiger partial charge is 0.462 e. The van der Waals surface area contributed by atoms with E-state index >= 15 is 0 Å². The Labute approximate surface area is 117 Å². The van der Waals surface area contributed by atoms with E-state index in [1.165, 1.54) is 5.56 Å². The van der Waals surface area contributed by atoms with E-state index in [9.17, 15) is 0 Å². The van der Waals surface area contributed by atoms with Gasteiger partial charge >= 0.3 is 0 Å². The third-order valence-electron chi connectivity index (χ3n) is 2.79. The lowest BCUT2D eigenvalue weighted by Gasteiger charge is -2.19. The molecule has 0 aliphatic heterocycles. The average molecular weight is 265 g/mol. The van der Waals surface area contributed by atoms with Gasteiger partial charge in [0.05, 0.1) is 6.54 Å². The molecule has 0 saturated heterocycles. The van der Waals surface area contributed by atoms with E-state index < -0.39 is 0 Å². The number of unbranched alkanes of at least 4 members (excludes halogenated alkanes) is 1. The fourth-order valence-corrected chi connectivity index (χ4v) is 1.68. The number of aryl methyl sites for hydroxylation is 1. The lowest BCUT2D eigenvalue weighted by atomic mass is 10.1. The standard InChI is InChI=1S/C16H27NO2/c1-6-7-8-9-18-12-14-10-13(2)15(19-14)11-17-16(3,4)5/h6,10,17H,1,7-9,11-12H2,2-5H3.